The first-order valence-corrected chi connectivity index (χ1v) is 13.2. The average Bonchev–Trinajstić information content (AvgIpc) is 3.36. The highest BCUT2D eigenvalue weighted by Gasteiger charge is 2.34. The third-order valence-electron chi connectivity index (χ3n) is 6.97. The van der Waals surface area contributed by atoms with Gasteiger partial charge in [0.2, 0.25) is 5.91 Å². The van der Waals surface area contributed by atoms with Crippen molar-refractivity contribution >= 4 is 23.2 Å². The van der Waals surface area contributed by atoms with Crippen molar-refractivity contribution < 1.29 is 18.7 Å². The molecule has 8 heteroatoms. The Balaban J connectivity index is 1.21. The summed E-state index contributed by atoms with van der Waals surface area (Å²) in [6.07, 6.45) is 0.881. The first-order valence-electron chi connectivity index (χ1n) is 12.3. The van der Waals surface area contributed by atoms with Gasteiger partial charge in [0.1, 0.15) is 11.6 Å². The molecule has 0 saturated carbocycles. The molecular weight excluding hydrogens is 477 g/mol. The van der Waals surface area contributed by atoms with Crippen molar-refractivity contribution in [1.29, 1.82) is 0 Å². The van der Waals surface area contributed by atoms with Gasteiger partial charge in [0.15, 0.2) is 6.61 Å². The van der Waals surface area contributed by atoms with Crippen molar-refractivity contribution in [1.82, 2.24) is 14.7 Å². The maximum atomic E-state index is 14.1. The number of benzene rings is 2. The molecule has 0 spiro atoms. The van der Waals surface area contributed by atoms with Crippen LogP contribution in [0, 0.1) is 5.82 Å². The second-order valence-corrected chi connectivity index (χ2v) is 10.4. The number of carbonyl (C=O) groups is 2. The fraction of sp³-hybridized carbons (Fsp3) is 0.357. The predicted octanol–water partition coefficient (Wildman–Crippen LogP) is 3.97. The van der Waals surface area contributed by atoms with Crippen molar-refractivity contribution in [2.24, 2.45) is 0 Å². The van der Waals surface area contributed by atoms with E-state index in [2.05, 4.69) is 16.3 Å². The van der Waals surface area contributed by atoms with Gasteiger partial charge >= 0.3 is 0 Å². The normalized spacial score (nSPS) is 20.2. The molecule has 0 bridgehead atoms. The SMILES string of the molecule is C[C@H]1CN(C(=O)CN2CCc3sccc3[C@H]2c2cccc(F)c2)CCN1C(=O)COc1ccccc1. The molecule has 0 unspecified atom stereocenters. The molecule has 36 heavy (non-hydrogen) atoms. The maximum absolute atomic E-state index is 14.1. The van der Waals surface area contributed by atoms with Crippen LogP contribution >= 0.6 is 11.3 Å². The standard InChI is InChI=1S/C28H30FN3O3S/c1-20-17-30(13-14-32(20)27(34)19-35-23-8-3-2-4-9-23)26(33)18-31-12-10-25-24(11-15-36-25)28(31)21-6-5-7-22(29)16-21/h2-9,11,15-16,20,28H,10,12-14,17-19H2,1H3/t20-,28+/m0/s1. The number of ether oxygens (including phenoxy) is 1. The first-order chi connectivity index (χ1) is 17.5. The number of fused-ring (bicyclic) bond motifs is 1. The van der Waals surface area contributed by atoms with E-state index in [-0.39, 0.29) is 42.9 Å². The van der Waals surface area contributed by atoms with Crippen LogP contribution in [0.1, 0.15) is 29.0 Å². The van der Waals surface area contributed by atoms with E-state index in [0.717, 1.165) is 24.1 Å². The van der Waals surface area contributed by atoms with Gasteiger partial charge < -0.3 is 14.5 Å². The Hall–Kier alpha value is -3.23. The van der Waals surface area contributed by atoms with Crippen molar-refractivity contribution in [2.45, 2.75) is 25.4 Å². The van der Waals surface area contributed by atoms with Crippen LogP contribution in [0.5, 0.6) is 5.75 Å². The lowest BCUT2D eigenvalue weighted by atomic mass is 9.93. The molecule has 1 saturated heterocycles. The highest BCUT2D eigenvalue weighted by molar-refractivity contribution is 7.10. The molecule has 1 aromatic heterocycles. The summed E-state index contributed by atoms with van der Waals surface area (Å²) in [6.45, 7) is 4.40. The molecule has 188 valence electrons. The molecule has 0 N–H and O–H groups in total. The zero-order valence-corrected chi connectivity index (χ0v) is 21.1. The van der Waals surface area contributed by atoms with Crippen LogP contribution in [0.3, 0.4) is 0 Å². The Morgan fingerprint density at radius 3 is 2.64 bits per heavy atom. The number of carbonyl (C=O) groups excluding carboxylic acids is 2. The lowest BCUT2D eigenvalue weighted by Crippen LogP contribution is -2.57. The monoisotopic (exact) mass is 507 g/mol. The summed E-state index contributed by atoms with van der Waals surface area (Å²) < 4.78 is 19.7. The maximum Gasteiger partial charge on any atom is 0.260 e. The molecule has 3 heterocycles. The zero-order chi connectivity index (χ0) is 25.1. The summed E-state index contributed by atoms with van der Waals surface area (Å²) in [5.74, 6) is 0.350. The van der Waals surface area contributed by atoms with Gasteiger partial charge in [-0.3, -0.25) is 14.5 Å². The van der Waals surface area contributed by atoms with Crippen LogP contribution in [0.15, 0.2) is 66.0 Å². The second kappa shape index (κ2) is 10.8. The topological polar surface area (TPSA) is 53.1 Å². The Kier molecular flexibility index (Phi) is 7.34. The fourth-order valence-electron chi connectivity index (χ4n) is 5.18. The predicted molar refractivity (Wildman–Crippen MR) is 138 cm³/mol. The third-order valence-corrected chi connectivity index (χ3v) is 7.97. The number of thiophene rings is 1. The summed E-state index contributed by atoms with van der Waals surface area (Å²) in [6, 6.07) is 17.8. The molecule has 6 nitrogen and oxygen atoms in total. The fourth-order valence-corrected chi connectivity index (χ4v) is 6.08. The second-order valence-electron chi connectivity index (χ2n) is 9.35. The number of hydrogen-bond donors (Lipinski definition) is 0. The minimum atomic E-state index is -0.271. The lowest BCUT2D eigenvalue weighted by molar-refractivity contribution is -0.144. The van der Waals surface area contributed by atoms with Gasteiger partial charge in [0.25, 0.3) is 5.91 Å². The van der Waals surface area contributed by atoms with E-state index >= 15 is 0 Å². The molecule has 2 aliphatic rings. The molecule has 3 aromatic rings. The minimum absolute atomic E-state index is 0.0195. The van der Waals surface area contributed by atoms with Gasteiger partial charge in [-0.15, -0.1) is 11.3 Å². The smallest absolute Gasteiger partial charge is 0.260 e. The molecule has 1 fully saturated rings. The molecule has 2 amide bonds. The van der Waals surface area contributed by atoms with Crippen LogP contribution in [-0.2, 0) is 16.0 Å². The van der Waals surface area contributed by atoms with Crippen LogP contribution in [0.4, 0.5) is 4.39 Å². The van der Waals surface area contributed by atoms with E-state index < -0.39 is 0 Å². The number of amides is 2. The Morgan fingerprint density at radius 2 is 1.86 bits per heavy atom. The Morgan fingerprint density at radius 1 is 1.03 bits per heavy atom. The number of nitrogens with zero attached hydrogens (tertiary/aromatic N) is 3. The summed E-state index contributed by atoms with van der Waals surface area (Å²) >= 11 is 1.72. The molecular formula is C28H30FN3O3S. The van der Waals surface area contributed by atoms with Gasteiger partial charge in [-0.25, -0.2) is 4.39 Å². The summed E-state index contributed by atoms with van der Waals surface area (Å²) in [4.78, 5) is 33.2. The lowest BCUT2D eigenvalue weighted by Gasteiger charge is -2.41. The average molecular weight is 508 g/mol. The molecule has 0 aliphatic carbocycles. The zero-order valence-electron chi connectivity index (χ0n) is 20.3. The van der Waals surface area contributed by atoms with Gasteiger partial charge in [0, 0.05) is 37.1 Å². The van der Waals surface area contributed by atoms with Gasteiger partial charge in [0.05, 0.1) is 12.6 Å². The van der Waals surface area contributed by atoms with E-state index in [1.54, 1.807) is 28.4 Å². The number of para-hydroxylation sites is 1. The van der Waals surface area contributed by atoms with E-state index in [9.17, 15) is 14.0 Å². The third kappa shape index (κ3) is 5.29. The largest absolute Gasteiger partial charge is 0.484 e. The molecule has 5 rings (SSSR count). The quantitative estimate of drug-likeness (QED) is 0.507. The minimum Gasteiger partial charge on any atom is -0.484 e. The van der Waals surface area contributed by atoms with Crippen molar-refractivity contribution in [3.05, 3.63) is 87.9 Å². The highest BCUT2D eigenvalue weighted by atomic mass is 32.1. The van der Waals surface area contributed by atoms with Crippen LogP contribution in [0.2, 0.25) is 0 Å². The van der Waals surface area contributed by atoms with Gasteiger partial charge in [-0.05, 0) is 60.2 Å². The van der Waals surface area contributed by atoms with Crippen molar-refractivity contribution in [2.75, 3.05) is 39.3 Å². The van der Waals surface area contributed by atoms with E-state index in [1.165, 1.54) is 10.9 Å². The first kappa shape index (κ1) is 24.5. The van der Waals surface area contributed by atoms with Crippen molar-refractivity contribution in [3.8, 4) is 5.75 Å². The van der Waals surface area contributed by atoms with E-state index in [4.69, 9.17) is 4.74 Å². The van der Waals surface area contributed by atoms with Crippen LogP contribution < -0.4 is 4.74 Å². The van der Waals surface area contributed by atoms with Crippen molar-refractivity contribution in [3.63, 3.8) is 0 Å². The summed E-state index contributed by atoms with van der Waals surface area (Å²) in [5, 5.41) is 2.07. The molecule has 2 aliphatic heterocycles. The van der Waals surface area contributed by atoms with Gasteiger partial charge in [-0.1, -0.05) is 30.3 Å². The Bertz CT molecular complexity index is 1220. The summed E-state index contributed by atoms with van der Waals surface area (Å²) in [5.41, 5.74) is 2.02. The number of rotatable bonds is 6. The summed E-state index contributed by atoms with van der Waals surface area (Å²) in [7, 11) is 0. The highest BCUT2D eigenvalue weighted by Crippen LogP contribution is 2.37. The van der Waals surface area contributed by atoms with E-state index in [0.29, 0.717) is 25.4 Å². The molecule has 2 aromatic carbocycles. The number of halogens is 1. The number of piperazine rings is 1. The number of hydrogen-bond acceptors (Lipinski definition) is 5. The van der Waals surface area contributed by atoms with Crippen LogP contribution in [0.25, 0.3) is 0 Å². The molecule has 2 atom stereocenters. The van der Waals surface area contributed by atoms with E-state index in [1.807, 2.05) is 48.2 Å². The van der Waals surface area contributed by atoms with Gasteiger partial charge in [-0.2, -0.15) is 0 Å². The Labute approximate surface area is 214 Å². The van der Waals surface area contributed by atoms with Crippen LogP contribution in [-0.4, -0.2) is 71.9 Å². The molecule has 0 radical (unpaired) electrons.